The molecule has 1 N–H and O–H groups in total. The summed E-state index contributed by atoms with van der Waals surface area (Å²) in [7, 11) is 0. The van der Waals surface area contributed by atoms with Crippen molar-refractivity contribution in [2.24, 2.45) is 5.92 Å². The number of hydrogen-bond acceptors (Lipinski definition) is 2. The molecule has 2 unspecified atom stereocenters. The molecule has 0 radical (unpaired) electrons. The van der Waals surface area contributed by atoms with Crippen molar-refractivity contribution in [3.05, 3.63) is 22.6 Å². The van der Waals surface area contributed by atoms with Gasteiger partial charge in [0.05, 0.1) is 0 Å². The fraction of sp³-hybridized carbons (Fsp3) is 0.600. The van der Waals surface area contributed by atoms with Crippen molar-refractivity contribution in [2.75, 3.05) is 0 Å². The molecule has 0 fully saturated rings. The molecule has 0 amide bonds. The van der Waals surface area contributed by atoms with E-state index in [1.54, 1.807) is 12.1 Å². The normalized spacial score (nSPS) is 15.7. The molecule has 0 spiro atoms. The van der Waals surface area contributed by atoms with E-state index in [4.69, 9.17) is 4.42 Å². The van der Waals surface area contributed by atoms with Crippen LogP contribution in [0.25, 0.3) is 0 Å². The number of furan rings is 1. The Bertz CT molecular complexity index is 257. The SMILES string of the molecule is CCCC(C)C(O)c1ccc(Br)o1. The Morgan fingerprint density at radius 2 is 2.23 bits per heavy atom. The van der Waals surface area contributed by atoms with E-state index < -0.39 is 6.10 Å². The summed E-state index contributed by atoms with van der Waals surface area (Å²) in [6, 6.07) is 3.61. The van der Waals surface area contributed by atoms with E-state index in [1.807, 2.05) is 6.92 Å². The quantitative estimate of drug-likeness (QED) is 0.883. The van der Waals surface area contributed by atoms with Crippen LogP contribution in [0.2, 0.25) is 0 Å². The van der Waals surface area contributed by atoms with E-state index >= 15 is 0 Å². The van der Waals surface area contributed by atoms with E-state index in [1.165, 1.54) is 0 Å². The highest BCUT2D eigenvalue weighted by Gasteiger charge is 2.18. The van der Waals surface area contributed by atoms with Crippen molar-refractivity contribution >= 4 is 15.9 Å². The minimum atomic E-state index is -0.480. The summed E-state index contributed by atoms with van der Waals surface area (Å²) < 4.78 is 5.95. The predicted molar refractivity (Wildman–Crippen MR) is 55.4 cm³/mol. The Labute approximate surface area is 87.1 Å². The third kappa shape index (κ3) is 2.85. The van der Waals surface area contributed by atoms with Crippen molar-refractivity contribution < 1.29 is 9.52 Å². The van der Waals surface area contributed by atoms with Gasteiger partial charge in [0, 0.05) is 0 Å². The van der Waals surface area contributed by atoms with E-state index in [0.29, 0.717) is 10.4 Å². The van der Waals surface area contributed by atoms with Gasteiger partial charge in [-0.25, -0.2) is 0 Å². The fourth-order valence-electron chi connectivity index (χ4n) is 1.38. The van der Waals surface area contributed by atoms with Crippen LogP contribution in [0.15, 0.2) is 21.2 Å². The maximum absolute atomic E-state index is 9.82. The first-order chi connectivity index (χ1) is 6.15. The Balaban J connectivity index is 2.61. The second-order valence-corrected chi connectivity index (χ2v) is 4.13. The first-order valence-corrected chi connectivity index (χ1v) is 5.37. The van der Waals surface area contributed by atoms with Gasteiger partial charge in [-0.2, -0.15) is 0 Å². The lowest BCUT2D eigenvalue weighted by Gasteiger charge is -2.15. The van der Waals surface area contributed by atoms with Gasteiger partial charge in [-0.15, -0.1) is 0 Å². The fourth-order valence-corrected chi connectivity index (χ4v) is 1.70. The number of aliphatic hydroxyl groups is 1. The van der Waals surface area contributed by atoms with Crippen LogP contribution < -0.4 is 0 Å². The lowest BCUT2D eigenvalue weighted by molar-refractivity contribution is 0.0885. The van der Waals surface area contributed by atoms with Crippen molar-refractivity contribution in [3.63, 3.8) is 0 Å². The molecule has 2 nitrogen and oxygen atoms in total. The summed E-state index contributed by atoms with van der Waals surface area (Å²) >= 11 is 3.21. The van der Waals surface area contributed by atoms with Crippen molar-refractivity contribution in [1.82, 2.24) is 0 Å². The highest BCUT2D eigenvalue weighted by molar-refractivity contribution is 9.10. The topological polar surface area (TPSA) is 33.4 Å². The first-order valence-electron chi connectivity index (χ1n) is 4.58. The first kappa shape index (κ1) is 10.8. The Morgan fingerprint density at radius 1 is 1.54 bits per heavy atom. The Kier molecular flexibility index (Phi) is 4.00. The average Bonchev–Trinajstić information content (AvgIpc) is 2.51. The predicted octanol–water partition coefficient (Wildman–Crippen LogP) is 3.51. The zero-order chi connectivity index (χ0) is 9.84. The molecule has 0 saturated heterocycles. The maximum atomic E-state index is 9.82. The molecule has 0 aromatic carbocycles. The highest BCUT2D eigenvalue weighted by atomic mass is 79.9. The van der Waals surface area contributed by atoms with Crippen molar-refractivity contribution in [1.29, 1.82) is 0 Å². The molecule has 1 aromatic heterocycles. The molecule has 13 heavy (non-hydrogen) atoms. The van der Waals surface area contributed by atoms with Crippen LogP contribution in [0.5, 0.6) is 0 Å². The minimum Gasteiger partial charge on any atom is -0.452 e. The van der Waals surface area contributed by atoms with Gasteiger partial charge in [-0.1, -0.05) is 20.3 Å². The zero-order valence-corrected chi connectivity index (χ0v) is 9.54. The zero-order valence-electron chi connectivity index (χ0n) is 7.96. The summed E-state index contributed by atoms with van der Waals surface area (Å²) in [5.41, 5.74) is 0. The number of halogens is 1. The molecule has 3 heteroatoms. The van der Waals surface area contributed by atoms with Gasteiger partial charge in [0.25, 0.3) is 0 Å². The van der Waals surface area contributed by atoms with E-state index in [0.717, 1.165) is 12.8 Å². The monoisotopic (exact) mass is 246 g/mol. The molecule has 0 saturated carbocycles. The molecule has 0 aliphatic heterocycles. The van der Waals surface area contributed by atoms with Crippen LogP contribution in [0.3, 0.4) is 0 Å². The molecule has 2 atom stereocenters. The Hall–Kier alpha value is -0.280. The van der Waals surface area contributed by atoms with Crippen LogP contribution in [0.1, 0.15) is 38.6 Å². The van der Waals surface area contributed by atoms with Gasteiger partial charge in [0.1, 0.15) is 11.9 Å². The van der Waals surface area contributed by atoms with Gasteiger partial charge >= 0.3 is 0 Å². The molecule has 0 aliphatic rings. The van der Waals surface area contributed by atoms with Crippen LogP contribution in [-0.2, 0) is 0 Å². The van der Waals surface area contributed by atoms with Crippen LogP contribution in [-0.4, -0.2) is 5.11 Å². The molecule has 1 aromatic rings. The number of hydrogen-bond donors (Lipinski definition) is 1. The number of aliphatic hydroxyl groups excluding tert-OH is 1. The lowest BCUT2D eigenvalue weighted by Crippen LogP contribution is -2.07. The van der Waals surface area contributed by atoms with E-state index in [-0.39, 0.29) is 5.92 Å². The van der Waals surface area contributed by atoms with Crippen LogP contribution in [0, 0.1) is 5.92 Å². The lowest BCUT2D eigenvalue weighted by atomic mass is 9.98. The molecular weight excluding hydrogens is 232 g/mol. The van der Waals surface area contributed by atoms with Gasteiger partial charge < -0.3 is 9.52 Å². The van der Waals surface area contributed by atoms with Gasteiger partial charge in [-0.05, 0) is 40.4 Å². The maximum Gasteiger partial charge on any atom is 0.169 e. The van der Waals surface area contributed by atoms with Crippen LogP contribution in [0.4, 0.5) is 0 Å². The summed E-state index contributed by atoms with van der Waals surface area (Å²) in [5, 5.41) is 9.82. The van der Waals surface area contributed by atoms with E-state index in [2.05, 4.69) is 22.9 Å². The highest BCUT2D eigenvalue weighted by Crippen LogP contribution is 2.28. The summed E-state index contributed by atoms with van der Waals surface area (Å²) in [4.78, 5) is 0. The number of rotatable bonds is 4. The summed E-state index contributed by atoms with van der Waals surface area (Å²) in [6.45, 7) is 4.14. The third-order valence-corrected chi connectivity index (χ3v) is 2.59. The third-order valence-electron chi connectivity index (χ3n) is 2.17. The van der Waals surface area contributed by atoms with E-state index in [9.17, 15) is 5.11 Å². The summed E-state index contributed by atoms with van der Waals surface area (Å²) in [6.07, 6.45) is 1.62. The van der Waals surface area contributed by atoms with Gasteiger partial charge in [-0.3, -0.25) is 0 Å². The molecular formula is C10H15BrO2. The summed E-state index contributed by atoms with van der Waals surface area (Å²) in [5.74, 6) is 0.899. The molecule has 0 bridgehead atoms. The second kappa shape index (κ2) is 4.82. The van der Waals surface area contributed by atoms with Crippen LogP contribution >= 0.6 is 15.9 Å². The Morgan fingerprint density at radius 3 is 2.69 bits per heavy atom. The largest absolute Gasteiger partial charge is 0.452 e. The van der Waals surface area contributed by atoms with Gasteiger partial charge in [0.2, 0.25) is 0 Å². The smallest absolute Gasteiger partial charge is 0.169 e. The standard InChI is InChI=1S/C10H15BrO2/c1-3-4-7(2)10(12)8-5-6-9(11)13-8/h5-7,10,12H,3-4H2,1-2H3. The molecule has 1 rings (SSSR count). The molecule has 74 valence electrons. The second-order valence-electron chi connectivity index (χ2n) is 3.35. The average molecular weight is 247 g/mol. The van der Waals surface area contributed by atoms with Crippen molar-refractivity contribution in [3.8, 4) is 0 Å². The van der Waals surface area contributed by atoms with Gasteiger partial charge in [0.15, 0.2) is 4.67 Å². The van der Waals surface area contributed by atoms with Crippen molar-refractivity contribution in [2.45, 2.75) is 32.8 Å². The minimum absolute atomic E-state index is 0.253. The molecule has 1 heterocycles. The molecule has 0 aliphatic carbocycles.